The van der Waals surface area contributed by atoms with Crippen LogP contribution in [0, 0.1) is 5.92 Å². The lowest BCUT2D eigenvalue weighted by atomic mass is 9.82. The van der Waals surface area contributed by atoms with Gasteiger partial charge in [-0.2, -0.15) is 0 Å². The van der Waals surface area contributed by atoms with Crippen molar-refractivity contribution in [1.82, 2.24) is 15.0 Å². The number of aliphatic hydroxyl groups excluding tert-OH is 1. The van der Waals surface area contributed by atoms with Crippen molar-refractivity contribution in [2.75, 3.05) is 16.9 Å². The molecule has 1 spiro atoms. The molecule has 1 fully saturated rings. The van der Waals surface area contributed by atoms with Crippen LogP contribution in [0.3, 0.4) is 0 Å². The first-order valence-electron chi connectivity index (χ1n) is 20.9. The molecule has 3 aliphatic rings. The van der Waals surface area contributed by atoms with Gasteiger partial charge in [0.1, 0.15) is 17.5 Å². The number of nitrogens with zero attached hydrogens (tertiary/aromatic N) is 5. The number of benzene rings is 6. The van der Waals surface area contributed by atoms with Crippen LogP contribution < -0.4 is 19.7 Å². The van der Waals surface area contributed by atoms with Gasteiger partial charge in [-0.15, -0.1) is 5.10 Å². The largest absolute Gasteiger partial charge is 0.497 e. The van der Waals surface area contributed by atoms with Crippen LogP contribution in [0.1, 0.15) is 52.2 Å². The Bertz CT molecular complexity index is 2790. The Morgan fingerprint density at radius 1 is 0.852 bits per heavy atom. The second-order valence-electron chi connectivity index (χ2n) is 17.1. The van der Waals surface area contributed by atoms with Crippen LogP contribution in [0.4, 0.5) is 17.1 Å². The second-order valence-corrected chi connectivity index (χ2v) is 21.8. The number of rotatable bonds is 11. The number of amides is 2. The maximum Gasteiger partial charge on any atom is 0.264 e. The first-order chi connectivity index (χ1) is 29.6. The zero-order chi connectivity index (χ0) is 42.0. The van der Waals surface area contributed by atoms with Gasteiger partial charge in [0, 0.05) is 29.1 Å². The minimum Gasteiger partial charge on any atom is -0.497 e. The number of hydrogen-bond acceptors (Lipinski definition) is 7. The van der Waals surface area contributed by atoms with E-state index in [1.165, 1.54) is 5.19 Å². The van der Waals surface area contributed by atoms with Crippen molar-refractivity contribution in [1.29, 1.82) is 0 Å². The summed E-state index contributed by atoms with van der Waals surface area (Å²) in [4.78, 5) is 33.6. The molecule has 61 heavy (non-hydrogen) atoms. The second kappa shape index (κ2) is 14.9. The van der Waals surface area contributed by atoms with E-state index in [1.807, 2.05) is 132 Å². The molecule has 5 atom stereocenters. The molecule has 1 N–H and O–H groups in total. The lowest BCUT2D eigenvalue weighted by Gasteiger charge is -2.37. The van der Waals surface area contributed by atoms with Gasteiger partial charge in [0.15, 0.2) is 5.60 Å². The standard InChI is InChI=1S/C50H47N5O5Si/c1-32-47(61(3,4)38-24-22-37(59-2)23-25-38)44(27-28-53-31-41(51-52-53)46(56)35-15-9-6-10-16-35)60-50(32)40-29-36(21-26-42(40)54(49(50)58)30-33-13-7-5-8-14-33)55-43-20-12-18-34-17-11-19-39(45(34)43)48(55)57/h5-26,29,31-32,44,46-47,56H,27-28,30H2,1-4H3/t32-,44+,46+,47-,50+/m0/s1. The van der Waals surface area contributed by atoms with E-state index in [9.17, 15) is 9.90 Å². The van der Waals surface area contributed by atoms with Crippen LogP contribution in [0.25, 0.3) is 10.8 Å². The van der Waals surface area contributed by atoms with E-state index >= 15 is 4.79 Å². The Kier molecular flexibility index (Phi) is 9.50. The number of hydrogen-bond donors (Lipinski definition) is 1. The van der Waals surface area contributed by atoms with Gasteiger partial charge < -0.3 is 19.5 Å². The Labute approximate surface area is 356 Å². The predicted octanol–water partition coefficient (Wildman–Crippen LogP) is 8.67. The number of methoxy groups -OCH3 is 1. The molecule has 7 aromatic rings. The van der Waals surface area contributed by atoms with Crippen molar-refractivity contribution >= 4 is 52.9 Å². The smallest absolute Gasteiger partial charge is 0.264 e. The van der Waals surface area contributed by atoms with Crippen LogP contribution >= 0.6 is 0 Å². The fourth-order valence-electron chi connectivity index (χ4n) is 10.4. The molecule has 0 aliphatic carbocycles. The highest BCUT2D eigenvalue weighted by atomic mass is 28.3. The molecule has 10 nitrogen and oxygen atoms in total. The average Bonchev–Trinajstić information content (AvgIpc) is 4.03. The molecule has 3 aliphatic heterocycles. The molecule has 0 unspecified atom stereocenters. The lowest BCUT2D eigenvalue weighted by Crippen LogP contribution is -2.51. The summed E-state index contributed by atoms with van der Waals surface area (Å²) in [6, 6.07) is 45.7. The summed E-state index contributed by atoms with van der Waals surface area (Å²) in [7, 11) is -0.798. The van der Waals surface area contributed by atoms with Crippen LogP contribution in [0.2, 0.25) is 18.6 Å². The lowest BCUT2D eigenvalue weighted by molar-refractivity contribution is -0.146. The molecule has 1 aromatic heterocycles. The summed E-state index contributed by atoms with van der Waals surface area (Å²) in [5.41, 5.74) is 4.58. The minimum atomic E-state index is -2.47. The summed E-state index contributed by atoms with van der Waals surface area (Å²) < 4.78 is 14.8. The Morgan fingerprint density at radius 3 is 2.31 bits per heavy atom. The fraction of sp³-hybridized carbons (Fsp3) is 0.240. The molecule has 306 valence electrons. The molecule has 4 heterocycles. The predicted molar refractivity (Wildman–Crippen MR) is 239 cm³/mol. The minimum absolute atomic E-state index is 0.0256. The van der Waals surface area contributed by atoms with Crippen molar-refractivity contribution < 1.29 is 24.2 Å². The van der Waals surface area contributed by atoms with Crippen molar-refractivity contribution in [3.8, 4) is 5.75 Å². The maximum absolute atomic E-state index is 15.6. The number of anilines is 3. The first-order valence-corrected chi connectivity index (χ1v) is 24.0. The van der Waals surface area contributed by atoms with E-state index in [0.29, 0.717) is 36.5 Å². The van der Waals surface area contributed by atoms with Gasteiger partial charge in [0.05, 0.1) is 51.0 Å². The monoisotopic (exact) mass is 825 g/mol. The highest BCUT2D eigenvalue weighted by Gasteiger charge is 2.66. The van der Waals surface area contributed by atoms with E-state index in [1.54, 1.807) is 22.9 Å². The van der Waals surface area contributed by atoms with Crippen LogP contribution in [0.15, 0.2) is 146 Å². The third-order valence-electron chi connectivity index (χ3n) is 13.4. The molecule has 2 amide bonds. The molecule has 0 radical (unpaired) electrons. The van der Waals surface area contributed by atoms with Gasteiger partial charge >= 0.3 is 0 Å². The molecule has 0 saturated carbocycles. The van der Waals surface area contributed by atoms with Gasteiger partial charge in [-0.05, 0) is 70.9 Å². The number of ether oxygens (including phenoxy) is 2. The van der Waals surface area contributed by atoms with Crippen molar-refractivity contribution in [3.63, 3.8) is 0 Å². The molecular formula is C50H47N5O5Si. The van der Waals surface area contributed by atoms with Crippen molar-refractivity contribution in [2.45, 2.75) is 62.9 Å². The first kappa shape index (κ1) is 38.8. The van der Waals surface area contributed by atoms with E-state index < -0.39 is 19.8 Å². The SMILES string of the molecule is COc1ccc([Si](C)(C)[C@@H]2[C@@H](CCn3cc([C@H](O)c4ccccc4)nn3)O[C@]3(C(=O)N(Cc4ccccc4)c4ccc(N5C(=O)c6cccc7cccc5c67)cc43)[C@H]2C)cc1. The average molecular weight is 826 g/mol. The van der Waals surface area contributed by atoms with Gasteiger partial charge in [0.25, 0.3) is 11.8 Å². The molecule has 0 bridgehead atoms. The van der Waals surface area contributed by atoms with Gasteiger partial charge in [-0.3, -0.25) is 19.2 Å². The van der Waals surface area contributed by atoms with Crippen LogP contribution in [-0.4, -0.2) is 53.2 Å². The number of aliphatic hydroxyl groups is 1. The fourth-order valence-corrected chi connectivity index (χ4v) is 14.5. The number of carbonyl (C=O) groups is 2. The van der Waals surface area contributed by atoms with E-state index in [-0.39, 0.29) is 29.4 Å². The normalized spacial score (nSPS) is 21.2. The van der Waals surface area contributed by atoms with Crippen molar-refractivity contribution in [2.24, 2.45) is 5.92 Å². The zero-order valence-corrected chi connectivity index (χ0v) is 35.6. The van der Waals surface area contributed by atoms with E-state index in [0.717, 1.165) is 44.6 Å². The van der Waals surface area contributed by atoms with Crippen LogP contribution in [-0.2, 0) is 28.2 Å². The van der Waals surface area contributed by atoms with Gasteiger partial charge in [-0.1, -0.05) is 127 Å². The number of fused-ring (bicyclic) bond motifs is 2. The zero-order valence-electron chi connectivity index (χ0n) is 34.6. The number of aromatic nitrogens is 3. The summed E-state index contributed by atoms with van der Waals surface area (Å²) in [5, 5.41) is 23.1. The summed E-state index contributed by atoms with van der Waals surface area (Å²) in [6.45, 7) is 7.76. The van der Waals surface area contributed by atoms with E-state index in [2.05, 4.69) is 42.5 Å². The highest BCUT2D eigenvalue weighted by molar-refractivity contribution is 6.91. The third kappa shape index (κ3) is 6.21. The number of aryl methyl sites for hydroxylation is 1. The molecule has 1 saturated heterocycles. The third-order valence-corrected chi connectivity index (χ3v) is 17.8. The van der Waals surface area contributed by atoms with Gasteiger partial charge in [0.2, 0.25) is 0 Å². The van der Waals surface area contributed by atoms with Crippen molar-refractivity contribution in [3.05, 3.63) is 174 Å². The maximum atomic E-state index is 15.6. The highest BCUT2D eigenvalue weighted by Crippen LogP contribution is 2.61. The Morgan fingerprint density at radius 2 is 1.57 bits per heavy atom. The van der Waals surface area contributed by atoms with E-state index in [4.69, 9.17) is 9.47 Å². The van der Waals surface area contributed by atoms with Gasteiger partial charge in [-0.25, -0.2) is 0 Å². The number of carbonyl (C=O) groups excluding carboxylic acids is 2. The molecular weight excluding hydrogens is 779 g/mol. The summed E-state index contributed by atoms with van der Waals surface area (Å²) >= 11 is 0. The Hall–Kier alpha value is -6.40. The molecule has 6 aromatic carbocycles. The van der Waals surface area contributed by atoms with Crippen LogP contribution in [0.5, 0.6) is 5.75 Å². The molecule has 10 rings (SSSR count). The molecule has 11 heteroatoms. The summed E-state index contributed by atoms with van der Waals surface area (Å²) in [6.07, 6.45) is 1.09. The topological polar surface area (TPSA) is 110 Å². The summed E-state index contributed by atoms with van der Waals surface area (Å²) in [5.74, 6) is 0.329. The Balaban J connectivity index is 1.08. The quantitative estimate of drug-likeness (QED) is 0.130.